The number of carbonyl (C=O) groups is 2. The van der Waals surface area contributed by atoms with Gasteiger partial charge in [-0.3, -0.25) is 14.2 Å². The van der Waals surface area contributed by atoms with Gasteiger partial charge < -0.3 is 23.8 Å². The van der Waals surface area contributed by atoms with Crippen LogP contribution in [0.3, 0.4) is 0 Å². The van der Waals surface area contributed by atoms with E-state index in [0.29, 0.717) is 41.1 Å². The van der Waals surface area contributed by atoms with Gasteiger partial charge in [0.05, 0.1) is 19.2 Å². The smallest absolute Gasteiger partial charge is 0.308 e. The molecule has 0 bridgehead atoms. The van der Waals surface area contributed by atoms with Crippen LogP contribution in [0.25, 0.3) is 10.9 Å². The van der Waals surface area contributed by atoms with E-state index in [9.17, 15) is 9.59 Å². The fourth-order valence-electron chi connectivity index (χ4n) is 4.70. The molecular formula is C29H28N2O6. The maximum Gasteiger partial charge on any atom is 0.308 e. The Labute approximate surface area is 214 Å². The molecule has 1 aliphatic heterocycles. The molecule has 3 aromatic carbocycles. The van der Waals surface area contributed by atoms with Crippen molar-refractivity contribution < 1.29 is 28.5 Å². The van der Waals surface area contributed by atoms with E-state index in [1.54, 1.807) is 48.1 Å². The monoisotopic (exact) mass is 500 g/mol. The van der Waals surface area contributed by atoms with E-state index in [1.165, 1.54) is 6.92 Å². The standard InChI is InChI=1S/C29H28N2O6/c1-18-15-23-24(7-5-8-25(23)36-19(2)32)31(18)29(33)20-11-13-21(14-12-20)35-17-22-16-30(3)28-26(34-4)9-6-10-27(28)37-22/h5-15,22H,16-17H2,1-4H3/t22-/m0/s1. The van der Waals surface area contributed by atoms with Gasteiger partial charge in [-0.05, 0) is 61.5 Å². The summed E-state index contributed by atoms with van der Waals surface area (Å²) >= 11 is 0. The Hall–Kier alpha value is -4.46. The van der Waals surface area contributed by atoms with Gasteiger partial charge in [0.1, 0.15) is 41.4 Å². The molecule has 2 heterocycles. The van der Waals surface area contributed by atoms with Crippen molar-refractivity contribution in [2.75, 3.05) is 32.2 Å². The van der Waals surface area contributed by atoms with Gasteiger partial charge in [0.2, 0.25) is 0 Å². The molecule has 0 amide bonds. The van der Waals surface area contributed by atoms with Gasteiger partial charge in [-0.15, -0.1) is 0 Å². The largest absolute Gasteiger partial charge is 0.494 e. The van der Waals surface area contributed by atoms with Crippen LogP contribution < -0.4 is 23.8 Å². The highest BCUT2D eigenvalue weighted by molar-refractivity contribution is 6.04. The average molecular weight is 501 g/mol. The van der Waals surface area contributed by atoms with Gasteiger partial charge in [-0.2, -0.15) is 0 Å². The number of fused-ring (bicyclic) bond motifs is 2. The number of methoxy groups -OCH3 is 1. The summed E-state index contributed by atoms with van der Waals surface area (Å²) in [6, 6.07) is 19.9. The molecule has 8 heteroatoms. The third kappa shape index (κ3) is 4.70. The summed E-state index contributed by atoms with van der Waals surface area (Å²) in [5.41, 5.74) is 2.87. The van der Waals surface area contributed by atoms with Crippen LogP contribution in [0.15, 0.2) is 66.7 Å². The first-order chi connectivity index (χ1) is 17.9. The summed E-state index contributed by atoms with van der Waals surface area (Å²) in [4.78, 5) is 26.9. The Bertz CT molecular complexity index is 1470. The maximum atomic E-state index is 13.4. The molecule has 0 saturated heterocycles. The van der Waals surface area contributed by atoms with E-state index in [-0.39, 0.29) is 12.0 Å². The van der Waals surface area contributed by atoms with E-state index < -0.39 is 5.97 Å². The third-order valence-electron chi connectivity index (χ3n) is 6.32. The molecule has 8 nitrogen and oxygen atoms in total. The second kappa shape index (κ2) is 9.89. The number of anilines is 1. The van der Waals surface area contributed by atoms with Gasteiger partial charge in [0, 0.05) is 30.6 Å². The first-order valence-electron chi connectivity index (χ1n) is 12.0. The number of likely N-dealkylation sites (N-methyl/N-ethyl adjacent to an activating group) is 1. The lowest BCUT2D eigenvalue weighted by atomic mass is 10.2. The highest BCUT2D eigenvalue weighted by atomic mass is 16.5. The zero-order valence-electron chi connectivity index (χ0n) is 21.2. The second-order valence-corrected chi connectivity index (χ2v) is 8.97. The minimum absolute atomic E-state index is 0.161. The van der Waals surface area contributed by atoms with E-state index in [4.69, 9.17) is 18.9 Å². The van der Waals surface area contributed by atoms with Gasteiger partial charge in [0.15, 0.2) is 0 Å². The number of para-hydroxylation sites is 1. The Morgan fingerprint density at radius 2 is 1.76 bits per heavy atom. The van der Waals surface area contributed by atoms with Crippen molar-refractivity contribution in [3.8, 4) is 23.0 Å². The van der Waals surface area contributed by atoms with Crippen molar-refractivity contribution in [3.05, 3.63) is 78.0 Å². The minimum atomic E-state index is -0.408. The fourth-order valence-corrected chi connectivity index (χ4v) is 4.70. The van der Waals surface area contributed by atoms with Crippen molar-refractivity contribution in [2.24, 2.45) is 0 Å². The molecule has 0 N–H and O–H groups in total. The number of aromatic nitrogens is 1. The van der Waals surface area contributed by atoms with Crippen LogP contribution in [-0.4, -0.2) is 49.9 Å². The third-order valence-corrected chi connectivity index (χ3v) is 6.32. The van der Waals surface area contributed by atoms with E-state index in [2.05, 4.69) is 4.90 Å². The number of esters is 1. The molecule has 37 heavy (non-hydrogen) atoms. The van der Waals surface area contributed by atoms with Crippen molar-refractivity contribution in [2.45, 2.75) is 20.0 Å². The van der Waals surface area contributed by atoms with Gasteiger partial charge in [0.25, 0.3) is 5.91 Å². The Morgan fingerprint density at radius 1 is 1.03 bits per heavy atom. The zero-order valence-corrected chi connectivity index (χ0v) is 21.2. The second-order valence-electron chi connectivity index (χ2n) is 8.97. The summed E-state index contributed by atoms with van der Waals surface area (Å²) in [5.74, 6) is 2.02. The van der Waals surface area contributed by atoms with Crippen molar-refractivity contribution in [1.82, 2.24) is 4.57 Å². The number of aryl methyl sites for hydroxylation is 1. The summed E-state index contributed by atoms with van der Waals surface area (Å²) in [7, 11) is 3.65. The molecule has 0 unspecified atom stereocenters. The van der Waals surface area contributed by atoms with E-state index in [0.717, 1.165) is 22.9 Å². The molecule has 0 saturated carbocycles. The number of hydrogen-bond acceptors (Lipinski definition) is 7. The van der Waals surface area contributed by atoms with E-state index >= 15 is 0 Å². The molecule has 190 valence electrons. The fraction of sp³-hybridized carbons (Fsp3) is 0.241. The summed E-state index contributed by atoms with van der Waals surface area (Å²) in [6.07, 6.45) is -0.161. The Balaban J connectivity index is 1.29. The van der Waals surface area contributed by atoms with Crippen LogP contribution >= 0.6 is 0 Å². The number of nitrogens with zero attached hydrogens (tertiary/aromatic N) is 2. The van der Waals surface area contributed by atoms with Crippen LogP contribution in [0.1, 0.15) is 23.0 Å². The summed E-state index contributed by atoms with van der Waals surface area (Å²) < 4.78 is 24.5. The predicted molar refractivity (Wildman–Crippen MR) is 140 cm³/mol. The average Bonchev–Trinajstić information content (AvgIpc) is 3.23. The molecule has 1 atom stereocenters. The van der Waals surface area contributed by atoms with Crippen molar-refractivity contribution in [3.63, 3.8) is 0 Å². The highest BCUT2D eigenvalue weighted by Crippen LogP contribution is 2.40. The first kappa shape index (κ1) is 24.2. The Morgan fingerprint density at radius 3 is 2.49 bits per heavy atom. The Kier molecular flexibility index (Phi) is 6.48. The highest BCUT2D eigenvalue weighted by Gasteiger charge is 2.27. The number of ether oxygens (including phenoxy) is 4. The topological polar surface area (TPSA) is 79.2 Å². The lowest BCUT2D eigenvalue weighted by molar-refractivity contribution is -0.131. The van der Waals surface area contributed by atoms with E-state index in [1.807, 2.05) is 44.3 Å². The lowest BCUT2D eigenvalue weighted by Crippen LogP contribution is -2.41. The molecule has 0 fully saturated rings. The van der Waals surface area contributed by atoms with Gasteiger partial charge in [-0.25, -0.2) is 0 Å². The minimum Gasteiger partial charge on any atom is -0.494 e. The predicted octanol–water partition coefficient (Wildman–Crippen LogP) is 4.85. The van der Waals surface area contributed by atoms with Crippen LogP contribution in [0.5, 0.6) is 23.0 Å². The first-order valence-corrected chi connectivity index (χ1v) is 12.0. The summed E-state index contributed by atoms with van der Waals surface area (Å²) in [5, 5.41) is 0.708. The number of benzene rings is 3. The molecule has 0 aliphatic carbocycles. The van der Waals surface area contributed by atoms with Crippen molar-refractivity contribution in [1.29, 1.82) is 0 Å². The molecule has 4 aromatic rings. The van der Waals surface area contributed by atoms with Crippen LogP contribution in [0.4, 0.5) is 5.69 Å². The van der Waals surface area contributed by atoms with Crippen LogP contribution in [-0.2, 0) is 4.79 Å². The SMILES string of the molecule is COc1cccc2c1N(C)C[C@@H](COc1ccc(C(=O)n3c(C)cc4c(OC(C)=O)cccc43)cc1)O2. The normalized spacial score (nSPS) is 14.6. The molecule has 1 aromatic heterocycles. The molecule has 0 spiro atoms. The lowest BCUT2D eigenvalue weighted by Gasteiger charge is -2.34. The number of hydrogen-bond donors (Lipinski definition) is 0. The maximum absolute atomic E-state index is 13.4. The molecule has 5 rings (SSSR count). The number of rotatable bonds is 6. The zero-order chi connectivity index (χ0) is 26.1. The van der Waals surface area contributed by atoms with Crippen LogP contribution in [0, 0.1) is 6.92 Å². The number of carbonyl (C=O) groups excluding carboxylic acids is 2. The quantitative estimate of drug-likeness (QED) is 0.277. The van der Waals surface area contributed by atoms with Crippen molar-refractivity contribution >= 4 is 28.5 Å². The molecule has 1 aliphatic rings. The molecule has 0 radical (unpaired) electrons. The molecular weight excluding hydrogens is 472 g/mol. The van der Waals surface area contributed by atoms with Crippen LogP contribution in [0.2, 0.25) is 0 Å². The van der Waals surface area contributed by atoms with Gasteiger partial charge in [-0.1, -0.05) is 12.1 Å². The van der Waals surface area contributed by atoms with Gasteiger partial charge >= 0.3 is 5.97 Å². The summed E-state index contributed by atoms with van der Waals surface area (Å²) in [6.45, 7) is 4.21.